The highest BCUT2D eigenvalue weighted by Gasteiger charge is 2.10. The molecule has 0 saturated heterocycles. The predicted molar refractivity (Wildman–Crippen MR) is 101 cm³/mol. The van der Waals surface area contributed by atoms with Crippen LogP contribution in [0.25, 0.3) is 22.3 Å². The van der Waals surface area contributed by atoms with E-state index in [1.165, 1.54) is 17.7 Å². The van der Waals surface area contributed by atoms with Gasteiger partial charge in [-0.3, -0.25) is 0 Å². The van der Waals surface area contributed by atoms with Crippen molar-refractivity contribution < 1.29 is 13.8 Å². The van der Waals surface area contributed by atoms with Crippen molar-refractivity contribution in [3.05, 3.63) is 95.6 Å². The molecule has 1 heterocycles. The Morgan fingerprint density at radius 3 is 2.38 bits per heavy atom. The lowest BCUT2D eigenvalue weighted by Crippen LogP contribution is -2.70. The van der Waals surface area contributed by atoms with E-state index in [1.807, 2.05) is 42.5 Å². The topological polar surface area (TPSA) is 27.1 Å². The third kappa shape index (κ3) is 3.29. The van der Waals surface area contributed by atoms with Gasteiger partial charge in [0.25, 0.3) is 0 Å². The quantitative estimate of drug-likeness (QED) is 0.595. The fourth-order valence-corrected chi connectivity index (χ4v) is 2.99. The van der Waals surface area contributed by atoms with Crippen LogP contribution in [0.5, 0.6) is 0 Å². The molecule has 4 rings (SSSR count). The summed E-state index contributed by atoms with van der Waals surface area (Å²) in [5.74, 6) is 0.536. The summed E-state index contributed by atoms with van der Waals surface area (Å²) in [5.41, 5.74) is 3.89. The molecule has 0 bridgehead atoms. The summed E-state index contributed by atoms with van der Waals surface area (Å²) in [6.45, 7) is 2.13. The molecule has 4 aromatic rings. The fourth-order valence-electron chi connectivity index (χ4n) is 2.99. The molecule has 1 aromatic heterocycles. The van der Waals surface area contributed by atoms with Gasteiger partial charge in [0, 0.05) is 17.7 Å². The van der Waals surface area contributed by atoms with Gasteiger partial charge in [-0.15, -0.1) is 0 Å². The van der Waals surface area contributed by atoms with Gasteiger partial charge < -0.3 is 4.42 Å². The molecule has 0 amide bonds. The Hall–Kier alpha value is -3.20. The molecule has 0 aliphatic rings. The number of hydrogen-bond acceptors (Lipinski definition) is 1. The first-order chi connectivity index (χ1) is 12.7. The van der Waals surface area contributed by atoms with Crippen molar-refractivity contribution in [3.8, 4) is 11.3 Å². The molecule has 0 fully saturated rings. The standard InChI is InChI=1S/C23H18FNO/c1-2-16-8-13-22-20(14-16)21(25-19-11-9-18(24)10-12-19)15-23(26-22)17-6-4-3-5-7-17/h3-15H,2H2,1H3/p+1. The lowest BCUT2D eigenvalue weighted by atomic mass is 10.1. The summed E-state index contributed by atoms with van der Waals surface area (Å²) < 4.78 is 19.4. The first-order valence-corrected chi connectivity index (χ1v) is 8.71. The molecule has 0 spiro atoms. The van der Waals surface area contributed by atoms with Crippen LogP contribution in [0.3, 0.4) is 0 Å². The zero-order valence-corrected chi connectivity index (χ0v) is 14.5. The summed E-state index contributed by atoms with van der Waals surface area (Å²) in [7, 11) is 0. The molecule has 0 aliphatic carbocycles. The molecule has 0 atom stereocenters. The second kappa shape index (κ2) is 6.96. The van der Waals surface area contributed by atoms with Crippen molar-refractivity contribution in [1.82, 2.24) is 0 Å². The fraction of sp³-hybridized carbons (Fsp3) is 0.0870. The van der Waals surface area contributed by atoms with Crippen molar-refractivity contribution in [2.45, 2.75) is 13.3 Å². The maximum Gasteiger partial charge on any atom is 0.218 e. The third-order valence-corrected chi connectivity index (χ3v) is 4.42. The Kier molecular flexibility index (Phi) is 4.36. The van der Waals surface area contributed by atoms with Crippen LogP contribution >= 0.6 is 0 Å². The Morgan fingerprint density at radius 2 is 1.65 bits per heavy atom. The molecule has 3 heteroatoms. The zero-order chi connectivity index (χ0) is 17.9. The number of fused-ring (bicyclic) bond motifs is 1. The van der Waals surface area contributed by atoms with Crippen molar-refractivity contribution in [3.63, 3.8) is 0 Å². The molecule has 26 heavy (non-hydrogen) atoms. The third-order valence-electron chi connectivity index (χ3n) is 4.42. The van der Waals surface area contributed by atoms with Gasteiger partial charge in [-0.25, -0.2) is 9.38 Å². The van der Waals surface area contributed by atoms with Crippen LogP contribution in [0, 0.1) is 5.82 Å². The molecule has 0 radical (unpaired) electrons. The van der Waals surface area contributed by atoms with Crippen LogP contribution in [0.2, 0.25) is 0 Å². The minimum atomic E-state index is -0.248. The van der Waals surface area contributed by atoms with Gasteiger partial charge >= 0.3 is 0 Å². The summed E-state index contributed by atoms with van der Waals surface area (Å²) in [4.78, 5) is 3.41. The van der Waals surface area contributed by atoms with Gasteiger partial charge in [0.2, 0.25) is 11.0 Å². The van der Waals surface area contributed by atoms with E-state index in [-0.39, 0.29) is 5.82 Å². The molecule has 128 valence electrons. The molecule has 0 aliphatic heterocycles. The van der Waals surface area contributed by atoms with Crippen LogP contribution in [-0.2, 0) is 6.42 Å². The van der Waals surface area contributed by atoms with E-state index >= 15 is 0 Å². The Morgan fingerprint density at radius 1 is 0.885 bits per heavy atom. The number of halogens is 1. The number of rotatable bonds is 3. The van der Waals surface area contributed by atoms with Crippen molar-refractivity contribution in [2.24, 2.45) is 0 Å². The van der Waals surface area contributed by atoms with E-state index < -0.39 is 0 Å². The predicted octanol–water partition coefficient (Wildman–Crippen LogP) is 4.11. The number of nitrogens with one attached hydrogen (secondary N) is 1. The van der Waals surface area contributed by atoms with E-state index in [1.54, 1.807) is 12.1 Å². The average Bonchev–Trinajstić information content (AvgIpc) is 2.70. The zero-order valence-electron chi connectivity index (χ0n) is 14.5. The summed E-state index contributed by atoms with van der Waals surface area (Å²) >= 11 is 0. The van der Waals surface area contributed by atoms with Crippen molar-refractivity contribution in [2.75, 3.05) is 0 Å². The highest BCUT2D eigenvalue weighted by molar-refractivity contribution is 5.78. The molecule has 2 nitrogen and oxygen atoms in total. The average molecular weight is 344 g/mol. The number of aryl methyl sites for hydroxylation is 1. The smallest absolute Gasteiger partial charge is 0.218 e. The minimum absolute atomic E-state index is 0.248. The van der Waals surface area contributed by atoms with Gasteiger partial charge in [0.15, 0.2) is 0 Å². The number of hydrogen-bond donors (Lipinski definition) is 1. The lowest BCUT2D eigenvalue weighted by Gasteiger charge is -2.04. The van der Waals surface area contributed by atoms with Gasteiger partial charge in [0.1, 0.15) is 17.2 Å². The first kappa shape index (κ1) is 16.3. The van der Waals surface area contributed by atoms with Crippen LogP contribution in [0.15, 0.2) is 83.3 Å². The number of benzene rings is 3. The summed E-state index contributed by atoms with van der Waals surface area (Å²) in [6, 6.07) is 24.6. The van der Waals surface area contributed by atoms with Crippen molar-refractivity contribution in [1.29, 1.82) is 0 Å². The van der Waals surface area contributed by atoms with Gasteiger partial charge in [-0.05, 0) is 36.2 Å². The van der Waals surface area contributed by atoms with E-state index in [2.05, 4.69) is 24.0 Å². The molecular weight excluding hydrogens is 325 g/mol. The maximum atomic E-state index is 13.2. The maximum absolute atomic E-state index is 13.2. The van der Waals surface area contributed by atoms with E-state index in [0.29, 0.717) is 0 Å². The summed E-state index contributed by atoms with van der Waals surface area (Å²) in [6.07, 6.45) is 0.951. The first-order valence-electron chi connectivity index (χ1n) is 8.71. The van der Waals surface area contributed by atoms with Gasteiger partial charge in [-0.2, -0.15) is 0 Å². The molecule has 0 unspecified atom stereocenters. The second-order valence-electron chi connectivity index (χ2n) is 6.21. The monoisotopic (exact) mass is 344 g/mol. The highest BCUT2D eigenvalue weighted by atomic mass is 19.1. The Labute approximate surface area is 151 Å². The normalized spacial score (nSPS) is 11.8. The minimum Gasteiger partial charge on any atom is -0.456 e. The van der Waals surface area contributed by atoms with E-state index in [0.717, 1.165) is 39.8 Å². The van der Waals surface area contributed by atoms with Crippen molar-refractivity contribution >= 4 is 16.7 Å². The SMILES string of the molecule is CCc1ccc2oc(-c3ccccc3)cc(=[NH+]c3ccc(F)cc3)c2c1. The molecule has 3 aromatic carbocycles. The lowest BCUT2D eigenvalue weighted by molar-refractivity contribution is -0.400. The Bertz CT molecular complexity index is 1110. The van der Waals surface area contributed by atoms with Crippen LogP contribution in [0.1, 0.15) is 12.5 Å². The molecule has 0 saturated carbocycles. The van der Waals surface area contributed by atoms with Crippen LogP contribution in [-0.4, -0.2) is 0 Å². The van der Waals surface area contributed by atoms with Gasteiger partial charge in [0.05, 0.1) is 11.5 Å². The summed E-state index contributed by atoms with van der Waals surface area (Å²) in [5, 5.41) is 1.94. The van der Waals surface area contributed by atoms with Gasteiger partial charge in [-0.1, -0.05) is 43.3 Å². The van der Waals surface area contributed by atoms with E-state index in [4.69, 9.17) is 4.42 Å². The molecule has 1 N–H and O–H groups in total. The Balaban J connectivity index is 1.99. The van der Waals surface area contributed by atoms with Crippen LogP contribution < -0.4 is 10.3 Å². The highest BCUT2D eigenvalue weighted by Crippen LogP contribution is 2.22. The molecular formula is C23H19FNO+. The van der Waals surface area contributed by atoms with Crippen LogP contribution in [0.4, 0.5) is 10.1 Å². The largest absolute Gasteiger partial charge is 0.456 e. The second-order valence-corrected chi connectivity index (χ2v) is 6.21. The van der Waals surface area contributed by atoms with E-state index in [9.17, 15) is 4.39 Å².